The van der Waals surface area contributed by atoms with Gasteiger partial charge < -0.3 is 4.57 Å². The fourth-order valence-corrected chi connectivity index (χ4v) is 11.1. The number of rotatable bonds is 5. The Morgan fingerprint density at radius 1 is 0.368 bits per heavy atom. The molecule has 0 spiro atoms. The summed E-state index contributed by atoms with van der Waals surface area (Å²) >= 11 is 1.93. The Balaban J connectivity index is 1.17. The molecular weight excluding hydrogens is 707 g/mol. The zero-order chi connectivity index (χ0) is 37.5. The lowest BCUT2D eigenvalue weighted by molar-refractivity contribution is 0.775. The minimum Gasteiger partial charge on any atom is -0.309 e. The summed E-state index contributed by atoms with van der Waals surface area (Å²) in [4.78, 5) is 0. The average Bonchev–Trinajstić information content (AvgIpc) is 3.93. The molecule has 0 atom stereocenters. The van der Waals surface area contributed by atoms with Crippen LogP contribution in [-0.4, -0.2) is 4.57 Å². The molecule has 0 aliphatic heterocycles. The predicted octanol–water partition coefficient (Wildman–Crippen LogP) is 14.8. The molecule has 0 N–H and O–H groups in total. The van der Waals surface area contributed by atoms with E-state index in [1.807, 2.05) is 11.3 Å². The molecule has 0 saturated heterocycles. The Kier molecular flexibility index (Phi) is 7.08. The zero-order valence-electron chi connectivity index (χ0n) is 31.1. The first-order valence-electron chi connectivity index (χ1n) is 19.7. The quantitative estimate of drug-likeness (QED) is 0.166. The maximum atomic E-state index is 2.50. The highest BCUT2D eigenvalue weighted by Crippen LogP contribution is 2.60. The number of benzene rings is 9. The first-order valence-corrected chi connectivity index (χ1v) is 20.5. The number of hydrogen-bond acceptors (Lipinski definition) is 1. The van der Waals surface area contributed by atoms with Crippen molar-refractivity contribution in [1.82, 2.24) is 4.57 Å². The number of hydrogen-bond donors (Lipinski definition) is 0. The monoisotopic (exact) mass is 741 g/mol. The lowest BCUT2D eigenvalue weighted by Gasteiger charge is -2.34. The Morgan fingerprint density at radius 2 is 0.895 bits per heavy atom. The van der Waals surface area contributed by atoms with Gasteiger partial charge in [0.05, 0.1) is 16.4 Å². The summed E-state index contributed by atoms with van der Waals surface area (Å²) < 4.78 is 5.17. The van der Waals surface area contributed by atoms with Crippen LogP contribution >= 0.6 is 11.3 Å². The SMILES string of the molecule is c1ccc(-c2ccc3c(c2)c2cc(-c4ccccc4)ccc2n3-c2ccc3c(c2)C(c2ccccc2)(c2ccccc2)c2c-3ccc3c2sc2ccccc23)cc1. The van der Waals surface area contributed by atoms with Gasteiger partial charge >= 0.3 is 0 Å². The van der Waals surface area contributed by atoms with Gasteiger partial charge in [-0.3, -0.25) is 0 Å². The van der Waals surface area contributed by atoms with E-state index < -0.39 is 5.41 Å². The molecule has 11 aromatic rings. The largest absolute Gasteiger partial charge is 0.309 e. The summed E-state index contributed by atoms with van der Waals surface area (Å²) in [6.07, 6.45) is 0. The van der Waals surface area contributed by atoms with Crippen LogP contribution in [0.3, 0.4) is 0 Å². The molecule has 57 heavy (non-hydrogen) atoms. The molecule has 0 unspecified atom stereocenters. The minimum absolute atomic E-state index is 0.538. The van der Waals surface area contributed by atoms with Crippen molar-refractivity contribution >= 4 is 53.3 Å². The summed E-state index contributed by atoms with van der Waals surface area (Å²) in [5.74, 6) is 0. The van der Waals surface area contributed by atoms with Crippen LogP contribution in [0.5, 0.6) is 0 Å². The summed E-state index contributed by atoms with van der Waals surface area (Å²) in [5.41, 5.74) is 15.7. The maximum Gasteiger partial charge on any atom is 0.0728 e. The molecule has 0 amide bonds. The molecule has 1 aliphatic rings. The minimum atomic E-state index is -0.538. The van der Waals surface area contributed by atoms with Crippen LogP contribution in [0.2, 0.25) is 0 Å². The fourth-order valence-electron chi connectivity index (χ4n) is 9.80. The standard InChI is InChI=1S/C55H35NS/c1-5-15-36(16-6-1)38-25-31-50-47(33-38)48-34-39(37-17-7-2-8-18-37)26-32-51(48)56(50)42-27-28-43-45-29-30-46-44-23-13-14-24-52(44)57-54(46)53(45)55(49(43)35-42,40-19-9-3-10-20-40)41-21-11-4-12-22-41/h1-35H. The molecule has 9 aromatic carbocycles. The van der Waals surface area contributed by atoms with Crippen LogP contribution in [0, 0.1) is 0 Å². The molecule has 0 saturated carbocycles. The Hall–Kier alpha value is -7.00. The van der Waals surface area contributed by atoms with E-state index in [2.05, 4.69) is 217 Å². The third-order valence-corrected chi connectivity index (χ3v) is 13.5. The van der Waals surface area contributed by atoms with Crippen LogP contribution in [0.1, 0.15) is 22.3 Å². The highest BCUT2D eigenvalue weighted by molar-refractivity contribution is 7.26. The third kappa shape index (κ3) is 4.68. The highest BCUT2D eigenvalue weighted by atomic mass is 32.1. The molecule has 266 valence electrons. The van der Waals surface area contributed by atoms with E-state index in [1.54, 1.807) is 0 Å². The van der Waals surface area contributed by atoms with Gasteiger partial charge in [-0.25, -0.2) is 0 Å². The molecule has 2 heteroatoms. The first kappa shape index (κ1) is 32.3. The van der Waals surface area contributed by atoms with Crippen molar-refractivity contribution in [2.45, 2.75) is 5.41 Å². The Morgan fingerprint density at radius 3 is 1.49 bits per heavy atom. The van der Waals surface area contributed by atoms with Crippen LogP contribution in [0.25, 0.3) is 81.0 Å². The van der Waals surface area contributed by atoms with Crippen molar-refractivity contribution in [1.29, 1.82) is 0 Å². The van der Waals surface area contributed by atoms with E-state index in [4.69, 9.17) is 0 Å². The van der Waals surface area contributed by atoms with Gasteiger partial charge in [0.2, 0.25) is 0 Å². The van der Waals surface area contributed by atoms with Crippen molar-refractivity contribution in [3.05, 3.63) is 235 Å². The van der Waals surface area contributed by atoms with Crippen molar-refractivity contribution < 1.29 is 0 Å². The van der Waals surface area contributed by atoms with Crippen LogP contribution in [-0.2, 0) is 5.41 Å². The van der Waals surface area contributed by atoms with Gasteiger partial charge in [-0.15, -0.1) is 11.3 Å². The summed E-state index contributed by atoms with van der Waals surface area (Å²) in [5, 5.41) is 5.14. The molecule has 2 heterocycles. The molecule has 2 aromatic heterocycles. The van der Waals surface area contributed by atoms with E-state index in [0.29, 0.717) is 0 Å². The van der Waals surface area contributed by atoms with Crippen molar-refractivity contribution in [2.24, 2.45) is 0 Å². The van der Waals surface area contributed by atoms with E-state index in [9.17, 15) is 0 Å². The second-order valence-electron chi connectivity index (χ2n) is 15.2. The first-order chi connectivity index (χ1) is 28.3. The van der Waals surface area contributed by atoms with Gasteiger partial charge in [0.25, 0.3) is 0 Å². The summed E-state index contributed by atoms with van der Waals surface area (Å²) in [7, 11) is 0. The van der Waals surface area contributed by atoms with Crippen molar-refractivity contribution in [2.75, 3.05) is 0 Å². The molecule has 0 fully saturated rings. The maximum absolute atomic E-state index is 2.50. The summed E-state index contributed by atoms with van der Waals surface area (Å²) in [6.45, 7) is 0. The number of thiophene rings is 1. The smallest absolute Gasteiger partial charge is 0.0728 e. The molecular formula is C55H35NS. The van der Waals surface area contributed by atoms with Gasteiger partial charge in [0.15, 0.2) is 0 Å². The topological polar surface area (TPSA) is 4.93 Å². The van der Waals surface area contributed by atoms with Crippen LogP contribution in [0.15, 0.2) is 212 Å². The lowest BCUT2D eigenvalue weighted by atomic mass is 9.67. The zero-order valence-corrected chi connectivity index (χ0v) is 31.9. The normalized spacial score (nSPS) is 13.1. The van der Waals surface area contributed by atoms with Gasteiger partial charge in [-0.05, 0) is 98.1 Å². The van der Waals surface area contributed by atoms with Gasteiger partial charge in [-0.1, -0.05) is 170 Å². The molecule has 0 radical (unpaired) electrons. The van der Waals surface area contributed by atoms with Crippen LogP contribution in [0.4, 0.5) is 0 Å². The number of aromatic nitrogens is 1. The molecule has 1 aliphatic carbocycles. The number of fused-ring (bicyclic) bond motifs is 10. The molecule has 0 bridgehead atoms. The van der Waals surface area contributed by atoms with Crippen molar-refractivity contribution in [3.63, 3.8) is 0 Å². The molecule has 1 nitrogen and oxygen atoms in total. The molecule has 12 rings (SSSR count). The van der Waals surface area contributed by atoms with Gasteiger partial charge in [-0.2, -0.15) is 0 Å². The third-order valence-electron chi connectivity index (χ3n) is 12.3. The van der Waals surface area contributed by atoms with Gasteiger partial charge in [0, 0.05) is 36.6 Å². The van der Waals surface area contributed by atoms with E-state index in [1.165, 1.54) is 97.6 Å². The predicted molar refractivity (Wildman–Crippen MR) is 242 cm³/mol. The summed E-state index contributed by atoms with van der Waals surface area (Å²) in [6, 6.07) is 78.8. The van der Waals surface area contributed by atoms with Crippen LogP contribution < -0.4 is 0 Å². The van der Waals surface area contributed by atoms with E-state index in [0.717, 1.165) is 5.69 Å². The average molecular weight is 742 g/mol. The second kappa shape index (κ2) is 12.5. The highest BCUT2D eigenvalue weighted by Gasteiger charge is 2.48. The van der Waals surface area contributed by atoms with E-state index in [-0.39, 0.29) is 0 Å². The number of nitrogens with zero attached hydrogens (tertiary/aromatic N) is 1. The Bertz CT molecular complexity index is 3180. The fraction of sp³-hybridized carbons (Fsp3) is 0.0182. The van der Waals surface area contributed by atoms with Gasteiger partial charge in [0.1, 0.15) is 0 Å². The second-order valence-corrected chi connectivity index (χ2v) is 16.3. The lowest BCUT2D eigenvalue weighted by Crippen LogP contribution is -2.28. The Labute approximate surface area is 335 Å². The van der Waals surface area contributed by atoms with Crippen molar-refractivity contribution in [3.8, 4) is 39.1 Å². The van der Waals surface area contributed by atoms with E-state index >= 15 is 0 Å².